The Hall–Kier alpha value is -1.72. The van der Waals surface area contributed by atoms with Crippen LogP contribution in [0.5, 0.6) is 0 Å². The first kappa shape index (κ1) is 16.1. The second-order valence-corrected chi connectivity index (χ2v) is 7.10. The Morgan fingerprint density at radius 2 is 2.04 bits per heavy atom. The van der Waals surface area contributed by atoms with Gasteiger partial charge in [-0.15, -0.1) is 0 Å². The van der Waals surface area contributed by atoms with Crippen molar-refractivity contribution in [3.63, 3.8) is 0 Å². The van der Waals surface area contributed by atoms with E-state index in [1.807, 2.05) is 39.8 Å². The molecule has 0 unspecified atom stereocenters. The Kier molecular flexibility index (Phi) is 3.61. The zero-order chi connectivity index (χ0) is 17.0. The molecule has 0 aliphatic carbocycles. The number of aliphatic hydroxyl groups is 1. The summed E-state index contributed by atoms with van der Waals surface area (Å²) < 4.78 is 5.74. The molecule has 23 heavy (non-hydrogen) atoms. The maximum Gasteiger partial charge on any atom is 0.264 e. The zero-order valence-electron chi connectivity index (χ0n) is 14.0. The summed E-state index contributed by atoms with van der Waals surface area (Å²) in [6, 6.07) is 5.54. The minimum atomic E-state index is -1.83. The average Bonchev–Trinajstić information content (AvgIpc) is 2.67. The molecule has 2 atom stereocenters. The number of amides is 1. The number of benzene rings is 1. The van der Waals surface area contributed by atoms with Crippen LogP contribution in [0.25, 0.3) is 0 Å². The first-order valence-corrected chi connectivity index (χ1v) is 8.03. The molecule has 0 bridgehead atoms. The van der Waals surface area contributed by atoms with Gasteiger partial charge in [-0.2, -0.15) is 0 Å². The minimum Gasteiger partial charge on any atom is -0.375 e. The highest BCUT2D eigenvalue weighted by molar-refractivity contribution is 6.09. The van der Waals surface area contributed by atoms with Gasteiger partial charge in [-0.05, 0) is 33.8 Å². The van der Waals surface area contributed by atoms with Crippen LogP contribution in [-0.2, 0) is 19.9 Å². The second-order valence-electron chi connectivity index (χ2n) is 7.10. The van der Waals surface area contributed by atoms with Crippen LogP contribution >= 0.6 is 0 Å². The van der Waals surface area contributed by atoms with E-state index in [-0.39, 0.29) is 18.8 Å². The maximum atomic E-state index is 12.9. The van der Waals surface area contributed by atoms with Crippen molar-refractivity contribution in [3.8, 4) is 0 Å². The lowest BCUT2D eigenvalue weighted by atomic mass is 9.75. The van der Waals surface area contributed by atoms with Crippen LogP contribution in [0.2, 0.25) is 0 Å². The van der Waals surface area contributed by atoms with Crippen molar-refractivity contribution in [2.24, 2.45) is 5.92 Å². The Morgan fingerprint density at radius 3 is 2.65 bits per heavy atom. The lowest BCUT2D eigenvalue weighted by molar-refractivity contribution is -0.172. The van der Waals surface area contributed by atoms with E-state index < -0.39 is 23.0 Å². The van der Waals surface area contributed by atoms with Gasteiger partial charge in [0.05, 0.1) is 23.8 Å². The van der Waals surface area contributed by atoms with Gasteiger partial charge in [-0.25, -0.2) is 0 Å². The van der Waals surface area contributed by atoms with Gasteiger partial charge in [0.2, 0.25) is 0 Å². The topological polar surface area (TPSA) is 66.8 Å². The van der Waals surface area contributed by atoms with Crippen molar-refractivity contribution < 1.29 is 19.4 Å². The van der Waals surface area contributed by atoms with Crippen molar-refractivity contribution >= 4 is 17.4 Å². The van der Waals surface area contributed by atoms with E-state index in [1.54, 1.807) is 11.0 Å². The standard InChI is InChI=1S/C18H23NO4/c1-5-19-14-7-6-11(2)8-12(14)18(22,16(19)21)13-10-23-17(3,4)9-15(13)20/h6-8,13,22H,5,9-10H2,1-4H3/t13-,18-/m0/s1. The quantitative estimate of drug-likeness (QED) is 0.905. The Balaban J connectivity index is 2.09. The predicted molar refractivity (Wildman–Crippen MR) is 86.2 cm³/mol. The third-order valence-electron chi connectivity index (χ3n) is 4.87. The van der Waals surface area contributed by atoms with Gasteiger partial charge in [0, 0.05) is 18.5 Å². The number of carbonyl (C=O) groups excluding carboxylic acids is 2. The summed E-state index contributed by atoms with van der Waals surface area (Å²) in [4.78, 5) is 27.1. The van der Waals surface area contributed by atoms with E-state index in [0.29, 0.717) is 17.8 Å². The number of likely N-dealkylation sites (N-methyl/N-ethyl adjacent to an activating group) is 1. The number of ketones is 1. The number of hydrogen-bond donors (Lipinski definition) is 1. The molecule has 5 heteroatoms. The number of rotatable bonds is 2. The molecule has 0 saturated carbocycles. The number of nitrogens with zero attached hydrogens (tertiary/aromatic N) is 1. The number of hydrogen-bond acceptors (Lipinski definition) is 4. The summed E-state index contributed by atoms with van der Waals surface area (Å²) in [7, 11) is 0. The number of anilines is 1. The van der Waals surface area contributed by atoms with E-state index in [1.165, 1.54) is 0 Å². The summed E-state index contributed by atoms with van der Waals surface area (Å²) in [5.74, 6) is -1.41. The zero-order valence-corrected chi connectivity index (χ0v) is 14.0. The summed E-state index contributed by atoms with van der Waals surface area (Å²) in [5.41, 5.74) is -0.233. The first-order chi connectivity index (χ1) is 10.7. The van der Waals surface area contributed by atoms with Gasteiger partial charge in [-0.1, -0.05) is 17.7 Å². The lowest BCUT2D eigenvalue weighted by Crippen LogP contribution is -2.54. The Bertz CT molecular complexity index is 682. The number of fused-ring (bicyclic) bond motifs is 1. The maximum absolute atomic E-state index is 12.9. The number of Topliss-reactive ketones (excluding diaryl/α,β-unsaturated/α-hetero) is 1. The molecule has 1 N–H and O–H groups in total. The van der Waals surface area contributed by atoms with Crippen molar-refractivity contribution in [1.82, 2.24) is 0 Å². The third-order valence-corrected chi connectivity index (χ3v) is 4.87. The molecule has 1 amide bonds. The summed E-state index contributed by atoms with van der Waals surface area (Å²) in [5, 5.41) is 11.3. The van der Waals surface area contributed by atoms with Crippen LogP contribution < -0.4 is 4.90 Å². The molecule has 0 spiro atoms. The molecule has 0 aromatic heterocycles. The molecule has 2 aliphatic rings. The van der Waals surface area contributed by atoms with Crippen molar-refractivity contribution in [1.29, 1.82) is 0 Å². The molecule has 2 heterocycles. The third kappa shape index (κ3) is 2.30. The summed E-state index contributed by atoms with van der Waals surface area (Å²) >= 11 is 0. The van der Waals surface area contributed by atoms with Crippen LogP contribution in [0.1, 0.15) is 38.3 Å². The van der Waals surface area contributed by atoms with E-state index in [0.717, 1.165) is 5.56 Å². The Morgan fingerprint density at radius 1 is 1.35 bits per heavy atom. The predicted octanol–water partition coefficient (Wildman–Crippen LogP) is 1.93. The van der Waals surface area contributed by atoms with E-state index >= 15 is 0 Å². The molecule has 0 radical (unpaired) electrons. The fourth-order valence-electron chi connectivity index (χ4n) is 3.62. The minimum absolute atomic E-state index is 0.0546. The van der Waals surface area contributed by atoms with Crippen molar-refractivity contribution in [2.75, 3.05) is 18.1 Å². The molecule has 5 nitrogen and oxygen atoms in total. The molecule has 1 aromatic carbocycles. The van der Waals surface area contributed by atoms with Gasteiger partial charge >= 0.3 is 0 Å². The number of ether oxygens (including phenoxy) is 1. The van der Waals surface area contributed by atoms with Crippen molar-refractivity contribution in [3.05, 3.63) is 29.3 Å². The molecule has 1 aromatic rings. The highest BCUT2D eigenvalue weighted by Crippen LogP contribution is 2.47. The molecule has 124 valence electrons. The van der Waals surface area contributed by atoms with E-state index in [2.05, 4.69) is 0 Å². The smallest absolute Gasteiger partial charge is 0.264 e. The van der Waals surface area contributed by atoms with Crippen LogP contribution in [0.3, 0.4) is 0 Å². The fraction of sp³-hybridized carbons (Fsp3) is 0.556. The number of aryl methyl sites for hydroxylation is 1. The summed E-state index contributed by atoms with van der Waals surface area (Å²) in [6.07, 6.45) is 0.195. The molecular weight excluding hydrogens is 294 g/mol. The lowest BCUT2D eigenvalue weighted by Gasteiger charge is -2.39. The first-order valence-electron chi connectivity index (χ1n) is 8.03. The van der Waals surface area contributed by atoms with Crippen LogP contribution in [0.15, 0.2) is 18.2 Å². The molecule has 2 aliphatic heterocycles. The van der Waals surface area contributed by atoms with Gasteiger partial charge in [0.15, 0.2) is 5.60 Å². The molecule has 3 rings (SSSR count). The SMILES string of the molecule is CCN1C(=O)[C@@](O)([C@H]2COC(C)(C)CC2=O)c2cc(C)ccc21. The van der Waals surface area contributed by atoms with E-state index in [9.17, 15) is 14.7 Å². The monoisotopic (exact) mass is 317 g/mol. The van der Waals surface area contributed by atoms with Crippen LogP contribution in [0, 0.1) is 12.8 Å². The van der Waals surface area contributed by atoms with Crippen LogP contribution in [0.4, 0.5) is 5.69 Å². The van der Waals surface area contributed by atoms with Gasteiger partial charge in [0.1, 0.15) is 5.78 Å². The van der Waals surface area contributed by atoms with E-state index in [4.69, 9.17) is 4.74 Å². The van der Waals surface area contributed by atoms with Crippen molar-refractivity contribution in [2.45, 2.75) is 45.3 Å². The molecule has 1 saturated heterocycles. The van der Waals surface area contributed by atoms with Gasteiger partial charge in [0.25, 0.3) is 5.91 Å². The highest BCUT2D eigenvalue weighted by atomic mass is 16.5. The second kappa shape index (κ2) is 5.14. The highest BCUT2D eigenvalue weighted by Gasteiger charge is 2.58. The number of carbonyl (C=O) groups is 2. The molecule has 1 fully saturated rings. The fourth-order valence-corrected chi connectivity index (χ4v) is 3.62. The average molecular weight is 317 g/mol. The van der Waals surface area contributed by atoms with Gasteiger partial charge in [-0.3, -0.25) is 9.59 Å². The molecular formula is C18H23NO4. The largest absolute Gasteiger partial charge is 0.375 e. The van der Waals surface area contributed by atoms with Crippen LogP contribution in [-0.4, -0.2) is 35.5 Å². The van der Waals surface area contributed by atoms with Gasteiger partial charge < -0.3 is 14.7 Å². The Labute approximate surface area is 136 Å². The summed E-state index contributed by atoms with van der Waals surface area (Å²) in [6.45, 7) is 7.96. The normalized spacial score (nSPS) is 29.8.